The van der Waals surface area contributed by atoms with E-state index < -0.39 is 95.9 Å². The highest BCUT2D eigenvalue weighted by atomic mass is 16.4. The summed E-state index contributed by atoms with van der Waals surface area (Å²) in [6, 6.07) is -0.0833. The molecule has 0 radical (unpaired) electrons. The van der Waals surface area contributed by atoms with Gasteiger partial charge in [-0.15, -0.1) is 0 Å². The second kappa shape index (κ2) is 21.5. The number of hydrogen-bond acceptors (Lipinski definition) is 9. The van der Waals surface area contributed by atoms with Crippen molar-refractivity contribution in [3.8, 4) is 0 Å². The van der Waals surface area contributed by atoms with Crippen LogP contribution in [-0.4, -0.2) is 97.7 Å². The SMILES string of the molecule is CC[C@H](C)[C@H](NC(=O)[C@H](CC(N)=O)NC(=O)[C@H](CC(C)C)NC(=O)[C@@H](N)Cc1cnc[nH]1)C(=O)N[C@H](C(=O)N[C@@H](Cc1c[nH]c2ccccc12)C(=O)O)[C@@H](C)CC. The predicted octanol–water partition coefficient (Wildman–Crippen LogP) is 0.526. The number of aromatic nitrogens is 3. The number of H-pyrrole nitrogens is 2. The fourth-order valence-electron chi connectivity index (χ4n) is 6.27. The number of para-hydroxylation sites is 1. The van der Waals surface area contributed by atoms with E-state index in [9.17, 15) is 38.7 Å². The molecule has 18 nitrogen and oxygen atoms in total. The second-order valence-electron chi connectivity index (χ2n) is 15.0. The molecule has 0 bridgehead atoms. The fourth-order valence-corrected chi connectivity index (χ4v) is 6.27. The molecule has 3 rings (SSSR count). The molecule has 6 amide bonds. The van der Waals surface area contributed by atoms with Crippen LogP contribution >= 0.6 is 0 Å². The van der Waals surface area contributed by atoms with Gasteiger partial charge < -0.3 is 53.1 Å². The van der Waals surface area contributed by atoms with E-state index in [0.717, 1.165) is 10.9 Å². The number of primary amides is 1. The van der Waals surface area contributed by atoms with Crippen LogP contribution < -0.4 is 38.1 Å². The van der Waals surface area contributed by atoms with Crippen molar-refractivity contribution in [2.45, 2.75) is 116 Å². The number of carbonyl (C=O) groups is 7. The Labute approximate surface area is 331 Å². The van der Waals surface area contributed by atoms with Gasteiger partial charge in [0.15, 0.2) is 0 Å². The zero-order valence-corrected chi connectivity index (χ0v) is 33.4. The third-order valence-electron chi connectivity index (χ3n) is 10.0. The molecule has 3 aromatic rings. The lowest BCUT2D eigenvalue weighted by molar-refractivity contribution is -0.142. The number of aliphatic carboxylic acids is 1. The van der Waals surface area contributed by atoms with Gasteiger partial charge in [-0.25, -0.2) is 9.78 Å². The number of nitrogens with one attached hydrogen (secondary N) is 7. The number of imidazole rings is 1. The average Bonchev–Trinajstić information content (AvgIpc) is 3.83. The number of benzene rings is 1. The lowest BCUT2D eigenvalue weighted by Crippen LogP contribution is -2.61. The van der Waals surface area contributed by atoms with E-state index in [1.165, 1.54) is 12.5 Å². The summed E-state index contributed by atoms with van der Waals surface area (Å²) in [4.78, 5) is 102. The molecule has 0 saturated heterocycles. The Balaban J connectivity index is 1.78. The normalized spacial score (nSPS) is 15.6. The van der Waals surface area contributed by atoms with Crippen LogP contribution in [-0.2, 0) is 46.4 Å². The zero-order valence-electron chi connectivity index (χ0n) is 33.4. The van der Waals surface area contributed by atoms with Crippen LogP contribution in [0.3, 0.4) is 0 Å². The first kappa shape index (κ1) is 45.6. The van der Waals surface area contributed by atoms with E-state index in [-0.39, 0.29) is 25.2 Å². The van der Waals surface area contributed by atoms with Gasteiger partial charge in [0.25, 0.3) is 0 Å². The fraction of sp³-hybridized carbons (Fsp3) is 0.538. The van der Waals surface area contributed by atoms with Gasteiger partial charge in [-0.1, -0.05) is 72.6 Å². The molecule has 0 spiro atoms. The number of aromatic amines is 2. The van der Waals surface area contributed by atoms with Gasteiger partial charge in [0.2, 0.25) is 35.4 Å². The van der Waals surface area contributed by atoms with Crippen LogP contribution in [0.1, 0.15) is 78.5 Å². The van der Waals surface area contributed by atoms with Gasteiger partial charge in [-0.05, 0) is 35.8 Å². The van der Waals surface area contributed by atoms with Crippen molar-refractivity contribution < 1.29 is 38.7 Å². The number of nitrogens with zero attached hydrogens (tertiary/aromatic N) is 1. The summed E-state index contributed by atoms with van der Waals surface area (Å²) in [6.45, 7) is 10.7. The summed E-state index contributed by atoms with van der Waals surface area (Å²) < 4.78 is 0. The van der Waals surface area contributed by atoms with Crippen LogP contribution in [0.15, 0.2) is 43.0 Å². The third-order valence-corrected chi connectivity index (χ3v) is 10.0. The highest BCUT2D eigenvalue weighted by Crippen LogP contribution is 2.20. The van der Waals surface area contributed by atoms with Gasteiger partial charge in [-0.3, -0.25) is 28.8 Å². The van der Waals surface area contributed by atoms with Crippen LogP contribution in [0.5, 0.6) is 0 Å². The summed E-state index contributed by atoms with van der Waals surface area (Å²) in [7, 11) is 0. The Hall–Kier alpha value is -5.78. The largest absolute Gasteiger partial charge is 0.480 e. The molecule has 12 N–H and O–H groups in total. The lowest BCUT2D eigenvalue weighted by Gasteiger charge is -2.30. The standard InChI is InChI=1S/C39H58N10O8/c1-7-21(5)32(37(54)47-30(39(56)57)14-23-17-43-27-12-10-9-11-25(23)27)49-38(55)33(22(6)8-2)48-36(53)29(16-31(41)50)46-35(52)28(13-20(3)4)45-34(51)26(40)15-24-18-42-19-44-24/h9-12,17-22,26,28-30,32-33,43H,7-8,13-16,40H2,1-6H3,(H2,41,50)(H,42,44)(H,45,51)(H,46,52)(H,47,54)(H,48,53)(H,49,55)(H,56,57)/t21-,22-,26-,28-,29-,30-,32-,33-/m0/s1. The van der Waals surface area contributed by atoms with Gasteiger partial charge in [0.1, 0.15) is 30.2 Å². The number of hydrogen-bond donors (Lipinski definition) is 10. The van der Waals surface area contributed by atoms with E-state index in [0.29, 0.717) is 24.1 Å². The van der Waals surface area contributed by atoms with Crippen LogP contribution in [0, 0.1) is 17.8 Å². The predicted molar refractivity (Wildman–Crippen MR) is 212 cm³/mol. The van der Waals surface area contributed by atoms with Gasteiger partial charge in [0.05, 0.1) is 18.8 Å². The van der Waals surface area contributed by atoms with E-state index in [4.69, 9.17) is 11.5 Å². The molecule has 8 atom stereocenters. The minimum atomic E-state index is -1.53. The number of carboxylic acid groups (broad SMARTS) is 1. The lowest BCUT2D eigenvalue weighted by atomic mass is 9.94. The minimum Gasteiger partial charge on any atom is -0.480 e. The van der Waals surface area contributed by atoms with Crippen molar-refractivity contribution in [1.82, 2.24) is 41.5 Å². The molecule has 312 valence electrons. The monoisotopic (exact) mass is 794 g/mol. The molecule has 0 fully saturated rings. The van der Waals surface area contributed by atoms with E-state index in [2.05, 4.69) is 41.5 Å². The molecule has 0 saturated carbocycles. The molecule has 0 aliphatic rings. The number of rotatable bonds is 23. The van der Waals surface area contributed by atoms with Crippen molar-refractivity contribution in [3.63, 3.8) is 0 Å². The van der Waals surface area contributed by atoms with Crippen LogP contribution in [0.2, 0.25) is 0 Å². The second-order valence-corrected chi connectivity index (χ2v) is 15.0. The zero-order chi connectivity index (χ0) is 42.4. The molecule has 0 unspecified atom stereocenters. The van der Waals surface area contributed by atoms with Gasteiger partial charge in [0, 0.05) is 41.8 Å². The number of amides is 6. The first-order chi connectivity index (χ1) is 26.9. The number of nitrogens with two attached hydrogens (primary N) is 2. The maximum Gasteiger partial charge on any atom is 0.326 e. The number of carbonyl (C=O) groups excluding carboxylic acids is 6. The van der Waals surface area contributed by atoms with E-state index in [1.807, 2.05) is 45.0 Å². The maximum atomic E-state index is 14.0. The molecule has 0 aliphatic heterocycles. The first-order valence-corrected chi connectivity index (χ1v) is 19.3. The Morgan fingerprint density at radius 3 is 1.86 bits per heavy atom. The summed E-state index contributed by atoms with van der Waals surface area (Å²) >= 11 is 0. The molecule has 2 heterocycles. The third kappa shape index (κ3) is 13.4. The highest BCUT2D eigenvalue weighted by molar-refractivity contribution is 5.98. The number of carboxylic acids is 1. The Morgan fingerprint density at radius 2 is 1.30 bits per heavy atom. The molecule has 2 aromatic heterocycles. The molecule has 57 heavy (non-hydrogen) atoms. The molecule has 0 aliphatic carbocycles. The van der Waals surface area contributed by atoms with Crippen molar-refractivity contribution >= 4 is 52.3 Å². The topological polar surface area (TPSA) is 296 Å². The molecular formula is C39H58N10O8. The van der Waals surface area contributed by atoms with Crippen LogP contribution in [0.25, 0.3) is 10.9 Å². The summed E-state index contributed by atoms with van der Waals surface area (Å²) in [6.07, 6.45) is 5.14. The van der Waals surface area contributed by atoms with E-state index >= 15 is 0 Å². The smallest absolute Gasteiger partial charge is 0.326 e. The van der Waals surface area contributed by atoms with Crippen molar-refractivity contribution in [2.24, 2.45) is 29.2 Å². The van der Waals surface area contributed by atoms with Gasteiger partial charge >= 0.3 is 5.97 Å². The van der Waals surface area contributed by atoms with Crippen molar-refractivity contribution in [2.75, 3.05) is 0 Å². The van der Waals surface area contributed by atoms with Gasteiger partial charge in [-0.2, -0.15) is 0 Å². The van der Waals surface area contributed by atoms with Crippen molar-refractivity contribution in [1.29, 1.82) is 0 Å². The summed E-state index contributed by atoms with van der Waals surface area (Å²) in [5, 5.41) is 24.0. The molecular weight excluding hydrogens is 736 g/mol. The minimum absolute atomic E-state index is 0.0233. The Kier molecular flexibility index (Phi) is 17.2. The van der Waals surface area contributed by atoms with Crippen molar-refractivity contribution in [3.05, 3.63) is 54.2 Å². The summed E-state index contributed by atoms with van der Waals surface area (Å²) in [5.74, 6) is -6.97. The van der Waals surface area contributed by atoms with E-state index in [1.54, 1.807) is 27.0 Å². The molecule has 1 aromatic carbocycles. The quantitative estimate of drug-likeness (QED) is 0.0635. The Morgan fingerprint density at radius 1 is 0.737 bits per heavy atom. The summed E-state index contributed by atoms with van der Waals surface area (Å²) in [5.41, 5.74) is 13.7. The highest BCUT2D eigenvalue weighted by Gasteiger charge is 2.36. The first-order valence-electron chi connectivity index (χ1n) is 19.3. The number of fused-ring (bicyclic) bond motifs is 1. The molecule has 18 heteroatoms. The van der Waals surface area contributed by atoms with Crippen LogP contribution in [0.4, 0.5) is 0 Å². The maximum absolute atomic E-state index is 14.0. The Bertz CT molecular complexity index is 1840. The average molecular weight is 795 g/mol.